The summed E-state index contributed by atoms with van der Waals surface area (Å²) in [5.74, 6) is -6.64. The first kappa shape index (κ1) is 28.0. The fraction of sp³-hybridized carbons (Fsp3) is 0.500. The molecule has 12 nitrogen and oxygen atoms in total. The van der Waals surface area contributed by atoms with Gasteiger partial charge in [0.1, 0.15) is 12.7 Å². The van der Waals surface area contributed by atoms with E-state index in [9.17, 15) is 29.1 Å². The first-order valence-electron chi connectivity index (χ1n) is 10.2. The molecule has 0 aliphatic carbocycles. The number of hydrogen-bond donors (Lipinski definition) is 1. The van der Waals surface area contributed by atoms with Gasteiger partial charge in [-0.3, -0.25) is 19.2 Å². The second kappa shape index (κ2) is 11.5. The van der Waals surface area contributed by atoms with Gasteiger partial charge in [-0.15, -0.1) is 0 Å². The van der Waals surface area contributed by atoms with Crippen LogP contribution in [-0.4, -0.2) is 73.1 Å². The molecule has 1 aromatic rings. The van der Waals surface area contributed by atoms with Crippen LogP contribution in [0.15, 0.2) is 18.2 Å². The van der Waals surface area contributed by atoms with Crippen molar-refractivity contribution < 1.29 is 57.5 Å². The van der Waals surface area contributed by atoms with E-state index in [0.717, 1.165) is 33.8 Å². The fourth-order valence-electron chi connectivity index (χ4n) is 3.69. The van der Waals surface area contributed by atoms with Crippen molar-refractivity contribution in [3.05, 3.63) is 34.3 Å². The zero-order chi connectivity index (χ0) is 26.5. The van der Waals surface area contributed by atoms with Crippen LogP contribution in [0.25, 0.3) is 0 Å². The molecule has 0 radical (unpaired) electrons. The van der Waals surface area contributed by atoms with Crippen molar-refractivity contribution >= 4 is 41.4 Å². The number of methoxy groups -OCH3 is 1. The van der Waals surface area contributed by atoms with Crippen LogP contribution in [0.2, 0.25) is 5.02 Å². The van der Waals surface area contributed by atoms with Crippen molar-refractivity contribution in [1.82, 2.24) is 0 Å². The van der Waals surface area contributed by atoms with Gasteiger partial charge in [-0.2, -0.15) is 0 Å². The zero-order valence-electron chi connectivity index (χ0n) is 19.6. The Morgan fingerprint density at radius 1 is 0.943 bits per heavy atom. The summed E-state index contributed by atoms with van der Waals surface area (Å²) in [4.78, 5) is 59.1. The molecule has 0 aromatic heterocycles. The van der Waals surface area contributed by atoms with Gasteiger partial charge in [0.05, 0.1) is 10.6 Å². The second-order valence-corrected chi connectivity index (χ2v) is 7.92. The summed E-state index contributed by atoms with van der Waals surface area (Å²) in [6.07, 6.45) is -5.83. The molecule has 1 aromatic carbocycles. The van der Waals surface area contributed by atoms with E-state index in [4.69, 9.17) is 40.0 Å². The Morgan fingerprint density at radius 3 is 2.00 bits per heavy atom. The maximum absolute atomic E-state index is 12.1. The highest BCUT2D eigenvalue weighted by Crippen LogP contribution is 2.44. The van der Waals surface area contributed by atoms with Gasteiger partial charge in [0, 0.05) is 40.4 Å². The molecular formula is C22H25ClO12. The average molecular weight is 517 g/mol. The Kier molecular flexibility index (Phi) is 9.18. The Morgan fingerprint density at radius 2 is 1.51 bits per heavy atom. The van der Waals surface area contributed by atoms with Crippen LogP contribution >= 0.6 is 11.6 Å². The molecule has 2 rings (SSSR count). The Hall–Kier alpha value is -3.22. The number of halogens is 1. The van der Waals surface area contributed by atoms with E-state index in [0.29, 0.717) is 0 Å². The standard InChI is InChI=1S/C22H25ClO12/c1-10(24)31-9-17-18(32-11(2)25)19(33-12(3)26)20(34-13(4)27)22(30-5,35-17)14-6-7-16(23)15(8-14)21(28)29/h6-8,17-20H,9H2,1-5H3,(H,28,29)/t17?,18-,19?,20-,22?/m1/s1. The molecule has 5 atom stereocenters. The lowest BCUT2D eigenvalue weighted by atomic mass is 9.86. The molecule has 13 heteroatoms. The first-order valence-corrected chi connectivity index (χ1v) is 10.6. The number of benzene rings is 1. The normalized spacial score (nSPS) is 25.8. The van der Waals surface area contributed by atoms with Gasteiger partial charge in [-0.05, 0) is 12.1 Å². The van der Waals surface area contributed by atoms with E-state index < -0.39 is 66.7 Å². The lowest BCUT2D eigenvalue weighted by Gasteiger charge is -2.50. The van der Waals surface area contributed by atoms with Gasteiger partial charge in [-0.1, -0.05) is 17.7 Å². The number of carbonyl (C=O) groups is 5. The second-order valence-electron chi connectivity index (χ2n) is 7.51. The van der Waals surface area contributed by atoms with Crippen molar-refractivity contribution in [3.8, 4) is 0 Å². The predicted molar refractivity (Wildman–Crippen MR) is 115 cm³/mol. The highest BCUT2D eigenvalue weighted by molar-refractivity contribution is 6.33. The van der Waals surface area contributed by atoms with Crippen LogP contribution < -0.4 is 0 Å². The lowest BCUT2D eigenvalue weighted by Crippen LogP contribution is -2.67. The Labute approximate surface area is 205 Å². The number of ether oxygens (including phenoxy) is 6. The van der Waals surface area contributed by atoms with Gasteiger partial charge in [-0.25, -0.2) is 4.79 Å². The molecule has 1 N–H and O–H groups in total. The predicted octanol–water partition coefficient (Wildman–Crippen LogP) is 1.59. The van der Waals surface area contributed by atoms with Crippen molar-refractivity contribution in [2.24, 2.45) is 0 Å². The largest absolute Gasteiger partial charge is 0.478 e. The average Bonchev–Trinajstić information content (AvgIpc) is 2.74. The molecule has 1 saturated heterocycles. The molecule has 0 bridgehead atoms. The summed E-state index contributed by atoms with van der Waals surface area (Å²) >= 11 is 6.00. The smallest absolute Gasteiger partial charge is 0.337 e. The van der Waals surface area contributed by atoms with Crippen molar-refractivity contribution in [2.75, 3.05) is 13.7 Å². The van der Waals surface area contributed by atoms with Gasteiger partial charge in [0.2, 0.25) is 11.9 Å². The fourth-order valence-corrected chi connectivity index (χ4v) is 3.88. The van der Waals surface area contributed by atoms with E-state index in [1.807, 2.05) is 0 Å². The SMILES string of the molecule is COC1(c2ccc(Cl)c(C(=O)O)c2)OC(COC(C)=O)[C@@H](OC(C)=O)C(OC(C)=O)[C@H]1OC(C)=O. The Balaban J connectivity index is 2.79. The first-order chi connectivity index (χ1) is 16.3. The van der Waals surface area contributed by atoms with E-state index in [-0.39, 0.29) is 16.1 Å². The van der Waals surface area contributed by atoms with Crippen LogP contribution in [-0.2, 0) is 53.4 Å². The molecule has 3 unspecified atom stereocenters. The monoisotopic (exact) mass is 516 g/mol. The van der Waals surface area contributed by atoms with Crippen molar-refractivity contribution in [2.45, 2.75) is 57.9 Å². The summed E-state index contributed by atoms with van der Waals surface area (Å²) in [7, 11) is 1.17. The number of aromatic carboxylic acids is 1. The highest BCUT2D eigenvalue weighted by Gasteiger charge is 2.61. The number of esters is 4. The highest BCUT2D eigenvalue weighted by atomic mass is 35.5. The minimum atomic E-state index is -2.11. The molecule has 0 saturated carbocycles. The van der Waals surface area contributed by atoms with Crippen molar-refractivity contribution in [1.29, 1.82) is 0 Å². The minimum Gasteiger partial charge on any atom is -0.478 e. The van der Waals surface area contributed by atoms with E-state index in [1.54, 1.807) is 0 Å². The number of carboxylic acid groups (broad SMARTS) is 1. The molecule has 0 spiro atoms. The third-order valence-electron chi connectivity index (χ3n) is 4.94. The van der Waals surface area contributed by atoms with Crippen molar-refractivity contribution in [3.63, 3.8) is 0 Å². The number of carbonyl (C=O) groups excluding carboxylic acids is 4. The van der Waals surface area contributed by atoms with Gasteiger partial charge in [0.15, 0.2) is 12.2 Å². The quantitative estimate of drug-likeness (QED) is 0.393. The summed E-state index contributed by atoms with van der Waals surface area (Å²) in [6.45, 7) is 3.89. The summed E-state index contributed by atoms with van der Waals surface area (Å²) in [5, 5.41) is 9.43. The lowest BCUT2D eigenvalue weighted by molar-refractivity contribution is -0.367. The Bertz CT molecular complexity index is 1010. The third-order valence-corrected chi connectivity index (χ3v) is 5.27. The topological polar surface area (TPSA) is 161 Å². The molecule has 1 aliphatic rings. The number of hydrogen-bond acceptors (Lipinski definition) is 11. The summed E-state index contributed by atoms with van der Waals surface area (Å²) < 4.78 is 32.9. The van der Waals surface area contributed by atoms with Crippen LogP contribution in [0.3, 0.4) is 0 Å². The molecule has 192 valence electrons. The number of rotatable bonds is 8. The van der Waals surface area contributed by atoms with E-state index >= 15 is 0 Å². The van der Waals surface area contributed by atoms with E-state index in [1.165, 1.54) is 19.2 Å². The van der Waals surface area contributed by atoms with Crippen LogP contribution in [0, 0.1) is 0 Å². The maximum Gasteiger partial charge on any atom is 0.337 e. The van der Waals surface area contributed by atoms with Crippen LogP contribution in [0.5, 0.6) is 0 Å². The van der Waals surface area contributed by atoms with Gasteiger partial charge >= 0.3 is 29.8 Å². The molecule has 1 aliphatic heterocycles. The molecule has 35 heavy (non-hydrogen) atoms. The molecular weight excluding hydrogens is 492 g/mol. The maximum atomic E-state index is 12.1. The zero-order valence-corrected chi connectivity index (χ0v) is 20.3. The molecule has 0 amide bonds. The van der Waals surface area contributed by atoms with E-state index in [2.05, 4.69) is 0 Å². The number of carboxylic acids is 1. The minimum absolute atomic E-state index is 0.0132. The third kappa shape index (κ3) is 6.47. The van der Waals surface area contributed by atoms with Crippen LogP contribution in [0.4, 0.5) is 0 Å². The molecule has 1 heterocycles. The summed E-state index contributed by atoms with van der Waals surface area (Å²) in [5.41, 5.74) is -0.312. The molecule has 1 fully saturated rings. The summed E-state index contributed by atoms with van der Waals surface area (Å²) in [6, 6.07) is 3.74. The van der Waals surface area contributed by atoms with Gasteiger partial charge < -0.3 is 33.5 Å². The van der Waals surface area contributed by atoms with Gasteiger partial charge in [0.25, 0.3) is 0 Å². The van der Waals surface area contributed by atoms with Crippen LogP contribution in [0.1, 0.15) is 43.6 Å².